The number of nitro groups is 1. The van der Waals surface area contributed by atoms with Crippen molar-refractivity contribution in [3.8, 4) is 5.75 Å². The summed E-state index contributed by atoms with van der Waals surface area (Å²) in [4.78, 5) is 10.2. The van der Waals surface area contributed by atoms with Crippen LogP contribution in [0.2, 0.25) is 0 Å². The first-order chi connectivity index (χ1) is 10.4. The van der Waals surface area contributed by atoms with Crippen molar-refractivity contribution in [3.05, 3.63) is 64.2 Å². The summed E-state index contributed by atoms with van der Waals surface area (Å²) in [5.41, 5.74) is 1.15. The van der Waals surface area contributed by atoms with Crippen LogP contribution in [-0.2, 0) is 10.1 Å². The number of non-ortho nitro benzene ring substituents is 1. The monoisotopic (exact) mass is 320 g/mol. The van der Waals surface area contributed by atoms with Gasteiger partial charge in [0, 0.05) is 12.1 Å². The lowest BCUT2D eigenvalue weighted by atomic mass is 10.1. The molecule has 0 radical (unpaired) electrons. The largest absolute Gasteiger partial charge is 0.380 e. The highest BCUT2D eigenvalue weighted by Crippen LogP contribution is 2.34. The van der Waals surface area contributed by atoms with Crippen molar-refractivity contribution in [2.24, 2.45) is 0 Å². The second kappa shape index (κ2) is 5.30. The molecule has 0 fully saturated rings. The standard InChI is InChI=1S/C14H12N2O5S/c17-16(18)11-7-5-10(6-8-11)13-9-22(19,20)21-14-4-2-1-3-12(14)15-13/h1-8,13,15H,9H2. The van der Waals surface area contributed by atoms with Crippen LogP contribution in [0.15, 0.2) is 48.5 Å². The number of para-hydroxylation sites is 2. The molecule has 1 aliphatic heterocycles. The first kappa shape index (κ1) is 14.3. The van der Waals surface area contributed by atoms with E-state index >= 15 is 0 Å². The van der Waals surface area contributed by atoms with Crippen molar-refractivity contribution < 1.29 is 17.5 Å². The minimum absolute atomic E-state index is 0.0446. The van der Waals surface area contributed by atoms with Crippen LogP contribution in [0.5, 0.6) is 5.75 Å². The SMILES string of the molecule is O=[N+]([O-])c1ccc(C2CS(=O)(=O)Oc3ccccc3N2)cc1. The number of nitrogens with one attached hydrogen (secondary N) is 1. The fourth-order valence-corrected chi connectivity index (χ4v) is 3.44. The molecule has 2 aromatic carbocycles. The molecule has 1 N–H and O–H groups in total. The molecule has 0 bridgehead atoms. The quantitative estimate of drug-likeness (QED) is 0.518. The molecule has 8 heteroatoms. The molecule has 0 saturated heterocycles. The highest BCUT2D eigenvalue weighted by atomic mass is 32.2. The average molecular weight is 320 g/mol. The number of benzene rings is 2. The van der Waals surface area contributed by atoms with Crippen molar-refractivity contribution in [1.82, 2.24) is 0 Å². The van der Waals surface area contributed by atoms with Gasteiger partial charge in [-0.05, 0) is 17.7 Å². The summed E-state index contributed by atoms with van der Waals surface area (Å²) in [6.45, 7) is 0. The molecule has 1 unspecified atom stereocenters. The fraction of sp³-hybridized carbons (Fsp3) is 0.143. The van der Waals surface area contributed by atoms with Crippen molar-refractivity contribution in [2.45, 2.75) is 6.04 Å². The molecule has 1 heterocycles. The van der Waals surface area contributed by atoms with Gasteiger partial charge in [0.05, 0.1) is 16.7 Å². The smallest absolute Gasteiger partial charge is 0.311 e. The highest BCUT2D eigenvalue weighted by molar-refractivity contribution is 7.87. The molecule has 1 aliphatic rings. The summed E-state index contributed by atoms with van der Waals surface area (Å²) in [5, 5.41) is 13.8. The summed E-state index contributed by atoms with van der Waals surface area (Å²) >= 11 is 0. The topological polar surface area (TPSA) is 98.5 Å². The molecular formula is C14H12N2O5S. The first-order valence-electron chi connectivity index (χ1n) is 6.47. The molecule has 7 nitrogen and oxygen atoms in total. The fourth-order valence-electron chi connectivity index (χ4n) is 2.27. The van der Waals surface area contributed by atoms with E-state index in [1.54, 1.807) is 36.4 Å². The van der Waals surface area contributed by atoms with Gasteiger partial charge in [0.25, 0.3) is 5.69 Å². The molecule has 0 amide bonds. The third kappa shape index (κ3) is 2.86. The molecule has 0 aromatic heterocycles. The average Bonchev–Trinajstić information content (AvgIpc) is 2.61. The maximum absolute atomic E-state index is 12.0. The number of nitrogens with zero attached hydrogens (tertiary/aromatic N) is 1. The zero-order valence-electron chi connectivity index (χ0n) is 11.3. The highest BCUT2D eigenvalue weighted by Gasteiger charge is 2.28. The summed E-state index contributed by atoms with van der Waals surface area (Å²) in [5.74, 6) is -0.0219. The molecule has 0 saturated carbocycles. The van der Waals surface area contributed by atoms with Gasteiger partial charge in [-0.1, -0.05) is 24.3 Å². The first-order valence-corrected chi connectivity index (χ1v) is 8.04. The van der Waals surface area contributed by atoms with Gasteiger partial charge >= 0.3 is 10.1 Å². The van der Waals surface area contributed by atoms with E-state index in [1.165, 1.54) is 12.1 Å². The van der Waals surface area contributed by atoms with Crippen LogP contribution in [0.1, 0.15) is 11.6 Å². The van der Waals surface area contributed by atoms with Crippen LogP contribution < -0.4 is 9.50 Å². The lowest BCUT2D eigenvalue weighted by Gasteiger charge is -2.16. The van der Waals surface area contributed by atoms with E-state index in [-0.39, 0.29) is 17.2 Å². The van der Waals surface area contributed by atoms with E-state index < -0.39 is 21.1 Å². The molecule has 1 atom stereocenters. The maximum atomic E-state index is 12.0. The zero-order valence-corrected chi connectivity index (χ0v) is 12.1. The molecule has 114 valence electrons. The third-order valence-corrected chi connectivity index (χ3v) is 4.49. The number of anilines is 1. The Hall–Kier alpha value is -2.61. The Morgan fingerprint density at radius 2 is 1.82 bits per heavy atom. The summed E-state index contributed by atoms with van der Waals surface area (Å²) in [6, 6.07) is 12.0. The summed E-state index contributed by atoms with van der Waals surface area (Å²) in [6.07, 6.45) is 0. The van der Waals surface area contributed by atoms with Gasteiger partial charge in [-0.3, -0.25) is 10.1 Å². The maximum Gasteiger partial charge on any atom is 0.311 e. The minimum Gasteiger partial charge on any atom is -0.380 e. The van der Waals surface area contributed by atoms with E-state index in [2.05, 4.69) is 5.32 Å². The Morgan fingerprint density at radius 3 is 2.50 bits per heavy atom. The van der Waals surface area contributed by atoms with Crippen LogP contribution in [0.4, 0.5) is 11.4 Å². The second-order valence-electron chi connectivity index (χ2n) is 4.85. The van der Waals surface area contributed by atoms with E-state index in [9.17, 15) is 18.5 Å². The van der Waals surface area contributed by atoms with Gasteiger partial charge in [0.15, 0.2) is 5.75 Å². The van der Waals surface area contributed by atoms with Gasteiger partial charge < -0.3 is 9.50 Å². The van der Waals surface area contributed by atoms with Crippen LogP contribution in [0, 0.1) is 10.1 Å². The molecule has 2 aromatic rings. The van der Waals surface area contributed by atoms with E-state index in [1.807, 2.05) is 0 Å². The van der Waals surface area contributed by atoms with Crippen molar-refractivity contribution in [2.75, 3.05) is 11.1 Å². The normalized spacial score (nSPS) is 19.2. The van der Waals surface area contributed by atoms with Crippen molar-refractivity contribution in [3.63, 3.8) is 0 Å². The predicted molar refractivity (Wildman–Crippen MR) is 80.3 cm³/mol. The van der Waals surface area contributed by atoms with Crippen LogP contribution in [0.3, 0.4) is 0 Å². The van der Waals surface area contributed by atoms with Gasteiger partial charge in [0.1, 0.15) is 5.75 Å². The van der Waals surface area contributed by atoms with Gasteiger partial charge in [0.2, 0.25) is 0 Å². The van der Waals surface area contributed by atoms with Gasteiger partial charge in [-0.15, -0.1) is 0 Å². The predicted octanol–water partition coefficient (Wildman–Crippen LogP) is 2.47. The Balaban J connectivity index is 1.98. The summed E-state index contributed by atoms with van der Waals surface area (Å²) < 4.78 is 29.1. The van der Waals surface area contributed by atoms with E-state index in [0.717, 1.165) is 0 Å². The lowest BCUT2D eigenvalue weighted by Crippen LogP contribution is -2.21. The Bertz CT molecular complexity index is 817. The minimum atomic E-state index is -3.75. The number of hydrogen-bond acceptors (Lipinski definition) is 6. The third-order valence-electron chi connectivity index (χ3n) is 3.31. The number of nitro benzene ring substituents is 1. The number of hydrogen-bond donors (Lipinski definition) is 1. The van der Waals surface area contributed by atoms with Gasteiger partial charge in [-0.2, -0.15) is 8.42 Å². The van der Waals surface area contributed by atoms with Crippen LogP contribution in [-0.4, -0.2) is 19.1 Å². The molecular weight excluding hydrogens is 308 g/mol. The van der Waals surface area contributed by atoms with Gasteiger partial charge in [-0.25, -0.2) is 0 Å². The number of rotatable bonds is 2. The number of fused-ring (bicyclic) bond motifs is 1. The Labute approximate surface area is 126 Å². The molecule has 0 aliphatic carbocycles. The lowest BCUT2D eigenvalue weighted by molar-refractivity contribution is -0.384. The van der Waals surface area contributed by atoms with Crippen LogP contribution in [0.25, 0.3) is 0 Å². The van der Waals surface area contributed by atoms with E-state index in [4.69, 9.17) is 4.18 Å². The van der Waals surface area contributed by atoms with Crippen LogP contribution >= 0.6 is 0 Å². The molecule has 3 rings (SSSR count). The Kier molecular flexibility index (Phi) is 3.45. The van der Waals surface area contributed by atoms with Crippen molar-refractivity contribution >= 4 is 21.5 Å². The molecule has 22 heavy (non-hydrogen) atoms. The summed E-state index contributed by atoms with van der Waals surface area (Å²) in [7, 11) is -3.75. The molecule has 0 spiro atoms. The van der Waals surface area contributed by atoms with Crippen molar-refractivity contribution in [1.29, 1.82) is 0 Å². The second-order valence-corrected chi connectivity index (χ2v) is 6.46. The van der Waals surface area contributed by atoms with E-state index in [0.29, 0.717) is 11.3 Å². The zero-order chi connectivity index (χ0) is 15.7. The Morgan fingerprint density at radius 1 is 1.14 bits per heavy atom.